The fraction of sp³-hybridized carbons (Fsp3) is 0.455. The van der Waals surface area contributed by atoms with Crippen LogP contribution in [0.25, 0.3) is 0 Å². The fourth-order valence-corrected chi connectivity index (χ4v) is 1.58. The Kier molecular flexibility index (Phi) is 5.83. The Morgan fingerprint density at radius 2 is 2.27 bits per heavy atom. The molecule has 2 nitrogen and oxygen atoms in total. The average molecular weight is 276 g/mol. The summed E-state index contributed by atoms with van der Waals surface area (Å²) >= 11 is 3.38. The topological polar surface area (TPSA) is 21.3 Å². The van der Waals surface area contributed by atoms with Gasteiger partial charge in [0.15, 0.2) is 0 Å². The van der Waals surface area contributed by atoms with Gasteiger partial charge < -0.3 is 10.1 Å². The first-order valence-corrected chi connectivity index (χ1v) is 5.75. The zero-order valence-corrected chi connectivity index (χ0v) is 10.3. The minimum absolute atomic E-state index is 0.209. The van der Waals surface area contributed by atoms with Gasteiger partial charge in [-0.1, -0.05) is 15.9 Å². The third kappa shape index (κ3) is 4.73. The van der Waals surface area contributed by atoms with Crippen molar-refractivity contribution in [1.82, 2.24) is 5.32 Å². The van der Waals surface area contributed by atoms with E-state index in [1.807, 2.05) is 6.92 Å². The lowest BCUT2D eigenvalue weighted by Crippen LogP contribution is -2.19. The van der Waals surface area contributed by atoms with E-state index in [1.165, 1.54) is 12.1 Å². The molecular weight excluding hydrogens is 261 g/mol. The molecule has 0 fully saturated rings. The molecule has 0 amide bonds. The van der Waals surface area contributed by atoms with Gasteiger partial charge in [-0.2, -0.15) is 0 Å². The minimum atomic E-state index is -0.209. The standard InChI is InChI=1S/C11H15BrFNO/c1-2-15-6-5-14-8-9-7-10(13)3-4-11(9)12/h3-4,7,14H,2,5-6,8H2,1H3. The Morgan fingerprint density at radius 3 is 3.00 bits per heavy atom. The molecule has 0 heterocycles. The number of ether oxygens (including phenoxy) is 1. The van der Waals surface area contributed by atoms with E-state index in [0.717, 1.165) is 23.2 Å². The molecule has 0 unspecified atom stereocenters. The van der Waals surface area contributed by atoms with Crippen molar-refractivity contribution in [2.24, 2.45) is 0 Å². The molecule has 0 aliphatic carbocycles. The molecule has 0 bridgehead atoms. The van der Waals surface area contributed by atoms with Crippen LogP contribution in [0, 0.1) is 5.82 Å². The van der Waals surface area contributed by atoms with E-state index in [4.69, 9.17) is 4.74 Å². The van der Waals surface area contributed by atoms with Gasteiger partial charge in [-0.3, -0.25) is 0 Å². The number of hydrogen-bond donors (Lipinski definition) is 1. The lowest BCUT2D eigenvalue weighted by molar-refractivity contribution is 0.149. The van der Waals surface area contributed by atoms with Crippen molar-refractivity contribution in [3.63, 3.8) is 0 Å². The smallest absolute Gasteiger partial charge is 0.123 e. The summed E-state index contributed by atoms with van der Waals surface area (Å²) in [5, 5.41) is 3.18. The Bertz CT molecular complexity index is 307. The lowest BCUT2D eigenvalue weighted by atomic mass is 10.2. The highest BCUT2D eigenvalue weighted by Crippen LogP contribution is 2.17. The first kappa shape index (κ1) is 12.6. The molecule has 1 aromatic carbocycles. The van der Waals surface area contributed by atoms with Gasteiger partial charge in [0, 0.05) is 24.2 Å². The van der Waals surface area contributed by atoms with E-state index >= 15 is 0 Å². The third-order valence-electron chi connectivity index (χ3n) is 1.95. The summed E-state index contributed by atoms with van der Waals surface area (Å²) in [4.78, 5) is 0. The summed E-state index contributed by atoms with van der Waals surface area (Å²) in [6.45, 7) is 4.79. The SMILES string of the molecule is CCOCCNCc1cc(F)ccc1Br. The summed E-state index contributed by atoms with van der Waals surface area (Å²) < 4.78 is 19.0. The summed E-state index contributed by atoms with van der Waals surface area (Å²) in [5.41, 5.74) is 0.923. The van der Waals surface area contributed by atoms with Crippen LogP contribution in [0.1, 0.15) is 12.5 Å². The molecule has 0 saturated heterocycles. The molecule has 1 aromatic rings. The predicted molar refractivity (Wildman–Crippen MR) is 62.3 cm³/mol. The van der Waals surface area contributed by atoms with Crippen LogP contribution in [-0.4, -0.2) is 19.8 Å². The third-order valence-corrected chi connectivity index (χ3v) is 2.72. The van der Waals surface area contributed by atoms with Crippen molar-refractivity contribution in [3.05, 3.63) is 34.1 Å². The Balaban J connectivity index is 2.33. The van der Waals surface area contributed by atoms with Gasteiger partial charge in [-0.05, 0) is 30.7 Å². The van der Waals surface area contributed by atoms with Crippen LogP contribution in [0.15, 0.2) is 22.7 Å². The van der Waals surface area contributed by atoms with E-state index in [-0.39, 0.29) is 5.82 Å². The van der Waals surface area contributed by atoms with E-state index in [0.29, 0.717) is 13.2 Å². The largest absolute Gasteiger partial charge is 0.380 e. The average Bonchev–Trinajstić information content (AvgIpc) is 2.23. The van der Waals surface area contributed by atoms with Crippen molar-refractivity contribution in [3.8, 4) is 0 Å². The van der Waals surface area contributed by atoms with Gasteiger partial charge in [0.1, 0.15) is 5.82 Å². The first-order chi connectivity index (χ1) is 7.24. The van der Waals surface area contributed by atoms with E-state index in [9.17, 15) is 4.39 Å². The number of rotatable bonds is 6. The fourth-order valence-electron chi connectivity index (χ4n) is 1.19. The second kappa shape index (κ2) is 6.93. The molecule has 0 aliphatic heterocycles. The molecule has 0 aliphatic rings. The van der Waals surface area contributed by atoms with Crippen molar-refractivity contribution in [1.29, 1.82) is 0 Å². The maximum absolute atomic E-state index is 12.9. The molecule has 0 spiro atoms. The van der Waals surface area contributed by atoms with Crippen molar-refractivity contribution in [2.45, 2.75) is 13.5 Å². The van der Waals surface area contributed by atoms with Crippen LogP contribution >= 0.6 is 15.9 Å². The number of benzene rings is 1. The van der Waals surface area contributed by atoms with E-state index in [2.05, 4.69) is 21.2 Å². The maximum atomic E-state index is 12.9. The van der Waals surface area contributed by atoms with Crippen molar-refractivity contribution >= 4 is 15.9 Å². The Hall–Kier alpha value is -0.450. The minimum Gasteiger partial charge on any atom is -0.380 e. The molecule has 0 atom stereocenters. The van der Waals surface area contributed by atoms with Gasteiger partial charge in [-0.25, -0.2) is 4.39 Å². The highest BCUT2D eigenvalue weighted by Gasteiger charge is 2.00. The van der Waals surface area contributed by atoms with Gasteiger partial charge in [-0.15, -0.1) is 0 Å². The lowest BCUT2D eigenvalue weighted by Gasteiger charge is -2.07. The van der Waals surface area contributed by atoms with Gasteiger partial charge in [0.05, 0.1) is 6.61 Å². The Labute approximate surface area is 98.0 Å². The highest BCUT2D eigenvalue weighted by molar-refractivity contribution is 9.10. The Morgan fingerprint density at radius 1 is 1.47 bits per heavy atom. The van der Waals surface area contributed by atoms with Gasteiger partial charge in [0.2, 0.25) is 0 Å². The summed E-state index contributed by atoms with van der Waals surface area (Å²) in [7, 11) is 0. The molecule has 0 saturated carbocycles. The predicted octanol–water partition coefficient (Wildman–Crippen LogP) is 2.71. The molecule has 4 heteroatoms. The van der Waals surface area contributed by atoms with Crippen LogP contribution in [-0.2, 0) is 11.3 Å². The summed E-state index contributed by atoms with van der Waals surface area (Å²) in [5.74, 6) is -0.209. The molecule has 1 N–H and O–H groups in total. The quantitative estimate of drug-likeness (QED) is 0.807. The van der Waals surface area contributed by atoms with E-state index < -0.39 is 0 Å². The zero-order chi connectivity index (χ0) is 11.1. The van der Waals surface area contributed by atoms with Gasteiger partial charge in [0.25, 0.3) is 0 Å². The van der Waals surface area contributed by atoms with E-state index in [1.54, 1.807) is 6.07 Å². The molecule has 0 aromatic heterocycles. The summed E-state index contributed by atoms with van der Waals surface area (Å²) in [6, 6.07) is 4.68. The molecule has 0 radical (unpaired) electrons. The van der Waals surface area contributed by atoms with Crippen LogP contribution < -0.4 is 5.32 Å². The second-order valence-corrected chi connectivity index (χ2v) is 3.96. The normalized spacial score (nSPS) is 10.6. The highest BCUT2D eigenvalue weighted by atomic mass is 79.9. The number of hydrogen-bond acceptors (Lipinski definition) is 2. The van der Waals surface area contributed by atoms with Gasteiger partial charge >= 0.3 is 0 Å². The molecule has 1 rings (SSSR count). The summed E-state index contributed by atoms with van der Waals surface area (Å²) in [6.07, 6.45) is 0. The number of nitrogens with one attached hydrogen (secondary N) is 1. The first-order valence-electron chi connectivity index (χ1n) is 4.96. The van der Waals surface area contributed by atoms with Crippen LogP contribution in [0.3, 0.4) is 0 Å². The van der Waals surface area contributed by atoms with Crippen LogP contribution in [0.4, 0.5) is 4.39 Å². The maximum Gasteiger partial charge on any atom is 0.123 e. The number of halogens is 2. The zero-order valence-electron chi connectivity index (χ0n) is 8.72. The molecular formula is C11H15BrFNO. The van der Waals surface area contributed by atoms with Crippen molar-refractivity contribution in [2.75, 3.05) is 19.8 Å². The molecule has 15 heavy (non-hydrogen) atoms. The van der Waals surface area contributed by atoms with Crippen LogP contribution in [0.5, 0.6) is 0 Å². The monoisotopic (exact) mass is 275 g/mol. The van der Waals surface area contributed by atoms with Crippen LogP contribution in [0.2, 0.25) is 0 Å². The van der Waals surface area contributed by atoms with Crippen molar-refractivity contribution < 1.29 is 9.13 Å². The second-order valence-electron chi connectivity index (χ2n) is 3.11. The molecule has 84 valence electrons.